The van der Waals surface area contributed by atoms with E-state index in [2.05, 4.69) is 30.5 Å². The lowest BCUT2D eigenvalue weighted by Crippen LogP contribution is -2.18. The van der Waals surface area contributed by atoms with Crippen molar-refractivity contribution in [1.82, 2.24) is 25.1 Å². The van der Waals surface area contributed by atoms with Crippen LogP contribution in [-0.4, -0.2) is 31.1 Å². The molecule has 2 aromatic heterocycles. The van der Waals surface area contributed by atoms with Crippen molar-refractivity contribution < 1.29 is 4.79 Å². The van der Waals surface area contributed by atoms with Crippen LogP contribution in [0.4, 0.5) is 17.6 Å². The Morgan fingerprint density at radius 1 is 1.35 bits per heavy atom. The highest BCUT2D eigenvalue weighted by Crippen LogP contribution is 2.17. The van der Waals surface area contributed by atoms with Gasteiger partial charge in [0, 0.05) is 0 Å². The fraction of sp³-hybridized carbons (Fsp3) is 0. The minimum absolute atomic E-state index is 0.0413. The molecule has 0 spiro atoms. The fourth-order valence-corrected chi connectivity index (χ4v) is 1.17. The first kappa shape index (κ1) is 11.1. The molecule has 6 N–H and O–H groups in total. The minimum Gasteiger partial charge on any atom is -0.382 e. The normalized spacial score (nSPS) is 10.2. The van der Waals surface area contributed by atoms with E-state index in [9.17, 15) is 4.79 Å². The van der Waals surface area contributed by atoms with Gasteiger partial charge >= 0.3 is 0 Å². The highest BCUT2D eigenvalue weighted by molar-refractivity contribution is 6.31. The summed E-state index contributed by atoms with van der Waals surface area (Å²) in [5, 5.41) is 8.28. The number of carbonyl (C=O) groups is 1. The van der Waals surface area contributed by atoms with Crippen molar-refractivity contribution in [3.05, 3.63) is 17.2 Å². The molecule has 2 aromatic rings. The van der Waals surface area contributed by atoms with Gasteiger partial charge in [0.15, 0.2) is 22.5 Å². The Bertz CT molecular complexity index is 553. The van der Waals surface area contributed by atoms with Crippen molar-refractivity contribution in [3.63, 3.8) is 0 Å². The number of aromatic amines is 1. The average Bonchev–Trinajstić information content (AvgIpc) is 2.76. The second kappa shape index (κ2) is 4.22. The maximum absolute atomic E-state index is 11.7. The maximum Gasteiger partial charge on any atom is 0.280 e. The zero-order chi connectivity index (χ0) is 12.4. The molecule has 0 unspecified atom stereocenters. The van der Waals surface area contributed by atoms with Crippen molar-refractivity contribution in [2.24, 2.45) is 0 Å². The van der Waals surface area contributed by atoms with Crippen LogP contribution in [-0.2, 0) is 0 Å². The van der Waals surface area contributed by atoms with Crippen LogP contribution in [0.25, 0.3) is 0 Å². The first-order valence-electron chi connectivity index (χ1n) is 4.33. The molecule has 0 bridgehead atoms. The van der Waals surface area contributed by atoms with Crippen molar-refractivity contribution in [1.29, 1.82) is 0 Å². The van der Waals surface area contributed by atoms with Crippen LogP contribution in [0.3, 0.4) is 0 Å². The summed E-state index contributed by atoms with van der Waals surface area (Å²) in [5.74, 6) is -0.623. The number of carbonyl (C=O) groups excluding carboxylic acids is 1. The number of nitrogens with zero attached hydrogens (tertiary/aromatic N) is 4. The average molecular weight is 255 g/mol. The molecule has 2 rings (SSSR count). The van der Waals surface area contributed by atoms with Crippen LogP contribution < -0.4 is 16.8 Å². The summed E-state index contributed by atoms with van der Waals surface area (Å²) in [7, 11) is 0. The molecule has 1 amide bonds. The lowest BCUT2D eigenvalue weighted by Gasteiger charge is -2.05. The van der Waals surface area contributed by atoms with E-state index in [4.69, 9.17) is 23.1 Å². The Balaban J connectivity index is 2.28. The predicted octanol–water partition coefficient (Wildman–Crippen LogP) is -0.335. The molecule has 0 aliphatic rings. The highest BCUT2D eigenvalue weighted by Gasteiger charge is 2.16. The van der Waals surface area contributed by atoms with E-state index in [1.54, 1.807) is 0 Å². The van der Waals surface area contributed by atoms with Gasteiger partial charge in [0.05, 0.1) is 0 Å². The van der Waals surface area contributed by atoms with Gasteiger partial charge in [0.2, 0.25) is 5.95 Å². The Hall–Kier alpha value is -2.42. The molecule has 0 atom stereocenters. The van der Waals surface area contributed by atoms with Crippen LogP contribution in [0.5, 0.6) is 0 Å². The molecule has 0 radical (unpaired) electrons. The predicted molar refractivity (Wildman–Crippen MR) is 60.2 cm³/mol. The lowest BCUT2D eigenvalue weighted by atomic mass is 10.4. The molecular weight excluding hydrogens is 248 g/mol. The Morgan fingerprint density at radius 3 is 2.76 bits per heavy atom. The van der Waals surface area contributed by atoms with Crippen molar-refractivity contribution >= 4 is 35.1 Å². The van der Waals surface area contributed by atoms with Gasteiger partial charge in [-0.25, -0.2) is 15.1 Å². The monoisotopic (exact) mass is 254 g/mol. The maximum atomic E-state index is 11.7. The van der Waals surface area contributed by atoms with Crippen LogP contribution in [0.2, 0.25) is 5.15 Å². The third-order valence-corrected chi connectivity index (χ3v) is 2.05. The minimum atomic E-state index is -0.617. The van der Waals surface area contributed by atoms with Crippen molar-refractivity contribution in [2.45, 2.75) is 0 Å². The Labute approximate surface area is 99.6 Å². The third-order valence-electron chi connectivity index (χ3n) is 1.77. The van der Waals surface area contributed by atoms with E-state index in [1.807, 2.05) is 0 Å². The SMILES string of the molecule is Nc1nc(N)c(C(=O)Nc2ncn[nH]2)nc1Cl. The number of amides is 1. The number of nitrogens with two attached hydrogens (primary N) is 2. The molecule has 17 heavy (non-hydrogen) atoms. The van der Waals surface area contributed by atoms with E-state index in [0.717, 1.165) is 0 Å². The summed E-state index contributed by atoms with van der Waals surface area (Å²) in [6, 6.07) is 0. The Kier molecular flexibility index (Phi) is 2.75. The molecule has 10 heteroatoms. The Morgan fingerprint density at radius 2 is 2.12 bits per heavy atom. The number of aromatic nitrogens is 5. The number of hydrogen-bond donors (Lipinski definition) is 4. The number of H-pyrrole nitrogens is 1. The molecule has 2 heterocycles. The first-order valence-corrected chi connectivity index (χ1v) is 4.71. The molecule has 0 aromatic carbocycles. The summed E-state index contributed by atoms with van der Waals surface area (Å²) >= 11 is 5.64. The second-order valence-corrected chi connectivity index (χ2v) is 3.28. The largest absolute Gasteiger partial charge is 0.382 e. The van der Waals surface area contributed by atoms with Gasteiger partial charge in [0.1, 0.15) is 6.33 Å². The van der Waals surface area contributed by atoms with Crippen LogP contribution in [0.1, 0.15) is 10.5 Å². The molecule has 9 nitrogen and oxygen atoms in total. The van der Waals surface area contributed by atoms with Gasteiger partial charge < -0.3 is 11.5 Å². The third kappa shape index (κ3) is 2.23. The first-order chi connectivity index (χ1) is 8.08. The lowest BCUT2D eigenvalue weighted by molar-refractivity contribution is 0.102. The van der Waals surface area contributed by atoms with E-state index >= 15 is 0 Å². The van der Waals surface area contributed by atoms with E-state index in [0.29, 0.717) is 0 Å². The number of anilines is 3. The quantitative estimate of drug-likeness (QED) is 0.573. The van der Waals surface area contributed by atoms with E-state index in [-0.39, 0.29) is 28.4 Å². The second-order valence-electron chi connectivity index (χ2n) is 2.92. The van der Waals surface area contributed by atoms with Crippen molar-refractivity contribution in [3.8, 4) is 0 Å². The highest BCUT2D eigenvalue weighted by atomic mass is 35.5. The van der Waals surface area contributed by atoms with Crippen LogP contribution in [0, 0.1) is 0 Å². The van der Waals surface area contributed by atoms with Gasteiger partial charge in [-0.1, -0.05) is 11.6 Å². The van der Waals surface area contributed by atoms with Gasteiger partial charge in [0.25, 0.3) is 5.91 Å². The number of halogens is 1. The number of nitrogen functional groups attached to an aromatic ring is 2. The summed E-state index contributed by atoms with van der Waals surface area (Å²) in [6.45, 7) is 0. The summed E-state index contributed by atoms with van der Waals surface area (Å²) in [4.78, 5) is 22.8. The van der Waals surface area contributed by atoms with Crippen LogP contribution >= 0.6 is 11.6 Å². The molecule has 0 aliphatic carbocycles. The van der Waals surface area contributed by atoms with Gasteiger partial charge in [-0.15, -0.1) is 0 Å². The molecular formula is C7H7ClN8O. The van der Waals surface area contributed by atoms with E-state index in [1.165, 1.54) is 6.33 Å². The standard InChI is InChI=1S/C7H7ClN8O/c8-3-5(10)14-4(9)2(13-3)6(17)15-7-11-1-12-16-7/h1H,(H4,9,10,14)(H2,11,12,15,16,17). The van der Waals surface area contributed by atoms with Crippen LogP contribution in [0.15, 0.2) is 6.33 Å². The number of hydrogen-bond acceptors (Lipinski definition) is 7. The summed E-state index contributed by atoms with van der Waals surface area (Å²) in [5.41, 5.74) is 10.7. The summed E-state index contributed by atoms with van der Waals surface area (Å²) < 4.78 is 0. The molecule has 0 saturated carbocycles. The number of nitrogens with one attached hydrogen (secondary N) is 2. The van der Waals surface area contributed by atoms with E-state index < -0.39 is 5.91 Å². The van der Waals surface area contributed by atoms with Gasteiger partial charge in [-0.05, 0) is 0 Å². The van der Waals surface area contributed by atoms with Crippen molar-refractivity contribution in [2.75, 3.05) is 16.8 Å². The van der Waals surface area contributed by atoms with Gasteiger partial charge in [-0.2, -0.15) is 10.1 Å². The molecule has 0 aliphatic heterocycles. The van der Waals surface area contributed by atoms with Gasteiger partial charge in [-0.3, -0.25) is 10.1 Å². The number of rotatable bonds is 2. The fourth-order valence-electron chi connectivity index (χ4n) is 1.04. The topological polar surface area (TPSA) is 148 Å². The zero-order valence-corrected chi connectivity index (χ0v) is 9.06. The molecule has 0 fully saturated rings. The molecule has 0 saturated heterocycles. The molecule has 88 valence electrons. The smallest absolute Gasteiger partial charge is 0.280 e. The zero-order valence-electron chi connectivity index (χ0n) is 8.31. The summed E-state index contributed by atoms with van der Waals surface area (Å²) in [6.07, 6.45) is 1.24.